The van der Waals surface area contributed by atoms with Gasteiger partial charge in [0.2, 0.25) is 5.91 Å². The Morgan fingerprint density at radius 3 is 2.82 bits per heavy atom. The number of pyridine rings is 1. The van der Waals surface area contributed by atoms with Gasteiger partial charge in [-0.1, -0.05) is 0 Å². The minimum Gasteiger partial charge on any atom is -0.395 e. The highest BCUT2D eigenvalue weighted by Gasteiger charge is 2.12. The van der Waals surface area contributed by atoms with Crippen LogP contribution in [0.4, 0.5) is 0 Å². The van der Waals surface area contributed by atoms with Gasteiger partial charge in [-0.2, -0.15) is 0 Å². The van der Waals surface area contributed by atoms with Gasteiger partial charge in [0, 0.05) is 29.8 Å². The standard InChI is InChI=1S/C11H15BrN2O3/c1-2-13(5-6-15)11(17)8-14-7-9(12)3-4-10(14)16/h3-4,7,15H,2,5-6,8H2,1H3. The van der Waals surface area contributed by atoms with E-state index in [0.29, 0.717) is 6.54 Å². The van der Waals surface area contributed by atoms with Gasteiger partial charge in [0.05, 0.1) is 6.61 Å². The quantitative estimate of drug-likeness (QED) is 0.859. The zero-order valence-electron chi connectivity index (χ0n) is 9.60. The second kappa shape index (κ2) is 6.56. The topological polar surface area (TPSA) is 62.5 Å². The third-order valence-electron chi connectivity index (χ3n) is 2.36. The summed E-state index contributed by atoms with van der Waals surface area (Å²) in [6, 6.07) is 3.04. The fraction of sp³-hybridized carbons (Fsp3) is 0.455. The zero-order chi connectivity index (χ0) is 12.8. The van der Waals surface area contributed by atoms with Crippen molar-refractivity contribution in [3.8, 4) is 0 Å². The molecule has 0 atom stereocenters. The van der Waals surface area contributed by atoms with Crippen LogP contribution in [-0.4, -0.2) is 40.2 Å². The lowest BCUT2D eigenvalue weighted by Crippen LogP contribution is -2.37. The molecule has 1 amide bonds. The maximum Gasteiger partial charge on any atom is 0.251 e. The summed E-state index contributed by atoms with van der Waals surface area (Å²) in [6.45, 7) is 2.55. The third-order valence-corrected chi connectivity index (χ3v) is 2.83. The molecule has 0 saturated heterocycles. The van der Waals surface area contributed by atoms with E-state index in [2.05, 4.69) is 15.9 Å². The van der Waals surface area contributed by atoms with Crippen LogP contribution in [0.3, 0.4) is 0 Å². The molecule has 0 aromatic carbocycles. The highest BCUT2D eigenvalue weighted by Crippen LogP contribution is 2.05. The number of hydrogen-bond acceptors (Lipinski definition) is 3. The van der Waals surface area contributed by atoms with Gasteiger partial charge in [0.1, 0.15) is 6.54 Å². The van der Waals surface area contributed by atoms with Crippen LogP contribution in [0.15, 0.2) is 27.6 Å². The van der Waals surface area contributed by atoms with Crippen molar-refractivity contribution in [2.75, 3.05) is 19.7 Å². The molecule has 6 heteroatoms. The van der Waals surface area contributed by atoms with Gasteiger partial charge in [-0.05, 0) is 28.9 Å². The number of rotatable bonds is 5. The molecule has 0 radical (unpaired) electrons. The summed E-state index contributed by atoms with van der Waals surface area (Å²) in [5, 5.41) is 8.81. The molecule has 1 rings (SSSR count). The van der Waals surface area contributed by atoms with Crippen molar-refractivity contribution < 1.29 is 9.90 Å². The number of carbonyl (C=O) groups is 1. The number of amides is 1. The number of nitrogens with zero attached hydrogens (tertiary/aromatic N) is 2. The Balaban J connectivity index is 2.79. The van der Waals surface area contributed by atoms with E-state index < -0.39 is 0 Å². The first-order valence-electron chi connectivity index (χ1n) is 5.33. The number of halogens is 1. The lowest BCUT2D eigenvalue weighted by molar-refractivity contribution is -0.132. The van der Waals surface area contributed by atoms with Gasteiger partial charge in [0.15, 0.2) is 0 Å². The number of aromatic nitrogens is 1. The average Bonchev–Trinajstić information content (AvgIpc) is 2.30. The van der Waals surface area contributed by atoms with Crippen molar-refractivity contribution in [2.45, 2.75) is 13.5 Å². The normalized spacial score (nSPS) is 10.3. The maximum atomic E-state index is 11.8. The van der Waals surface area contributed by atoms with Crippen molar-refractivity contribution in [2.24, 2.45) is 0 Å². The van der Waals surface area contributed by atoms with Crippen molar-refractivity contribution in [1.29, 1.82) is 0 Å². The Hall–Kier alpha value is -1.14. The van der Waals surface area contributed by atoms with E-state index in [4.69, 9.17) is 5.11 Å². The van der Waals surface area contributed by atoms with E-state index in [9.17, 15) is 9.59 Å². The molecule has 1 heterocycles. The maximum absolute atomic E-state index is 11.8. The monoisotopic (exact) mass is 302 g/mol. The largest absolute Gasteiger partial charge is 0.395 e. The summed E-state index contributed by atoms with van der Waals surface area (Å²) < 4.78 is 2.09. The summed E-state index contributed by atoms with van der Waals surface area (Å²) in [5.41, 5.74) is -0.221. The summed E-state index contributed by atoms with van der Waals surface area (Å²) in [5.74, 6) is -0.179. The fourth-order valence-corrected chi connectivity index (χ4v) is 1.83. The van der Waals surface area contributed by atoms with E-state index in [1.54, 1.807) is 12.3 Å². The first-order valence-corrected chi connectivity index (χ1v) is 6.12. The predicted octanol–water partition coefficient (Wildman–Crippen LogP) is 0.452. The van der Waals surface area contributed by atoms with Crippen LogP contribution >= 0.6 is 15.9 Å². The molecule has 0 aliphatic heterocycles. The van der Waals surface area contributed by atoms with Crippen LogP contribution in [0.25, 0.3) is 0 Å². The van der Waals surface area contributed by atoms with E-state index in [1.807, 2.05) is 6.92 Å². The SMILES string of the molecule is CCN(CCO)C(=O)Cn1cc(Br)ccc1=O. The van der Waals surface area contributed by atoms with Crippen LogP contribution < -0.4 is 5.56 Å². The Morgan fingerprint density at radius 2 is 2.24 bits per heavy atom. The van der Waals surface area contributed by atoms with Gasteiger partial charge < -0.3 is 14.6 Å². The number of carbonyl (C=O) groups excluding carboxylic acids is 1. The van der Waals surface area contributed by atoms with Crippen molar-refractivity contribution >= 4 is 21.8 Å². The fourth-order valence-electron chi connectivity index (χ4n) is 1.45. The molecule has 0 bridgehead atoms. The molecule has 1 aromatic rings. The zero-order valence-corrected chi connectivity index (χ0v) is 11.2. The molecule has 0 aliphatic carbocycles. The Bertz CT molecular complexity index is 445. The molecule has 1 N–H and O–H groups in total. The average molecular weight is 303 g/mol. The lowest BCUT2D eigenvalue weighted by Gasteiger charge is -2.20. The van der Waals surface area contributed by atoms with Crippen LogP contribution in [0.2, 0.25) is 0 Å². The van der Waals surface area contributed by atoms with Crippen LogP contribution in [0.5, 0.6) is 0 Å². The molecule has 0 fully saturated rings. The molecular weight excluding hydrogens is 288 g/mol. The smallest absolute Gasteiger partial charge is 0.251 e. The van der Waals surface area contributed by atoms with Gasteiger partial charge in [0.25, 0.3) is 5.56 Å². The predicted molar refractivity (Wildman–Crippen MR) is 67.7 cm³/mol. The minimum atomic E-state index is -0.221. The number of likely N-dealkylation sites (N-methyl/N-ethyl adjacent to an activating group) is 1. The summed E-state index contributed by atoms with van der Waals surface area (Å²) >= 11 is 3.25. The molecule has 0 spiro atoms. The van der Waals surface area contributed by atoms with Crippen molar-refractivity contribution in [3.63, 3.8) is 0 Å². The highest BCUT2D eigenvalue weighted by molar-refractivity contribution is 9.10. The van der Waals surface area contributed by atoms with Crippen LogP contribution in [0, 0.1) is 0 Å². The number of aliphatic hydroxyl groups excluding tert-OH is 1. The molecule has 17 heavy (non-hydrogen) atoms. The number of aliphatic hydroxyl groups is 1. The van der Waals surface area contributed by atoms with Gasteiger partial charge in [-0.15, -0.1) is 0 Å². The van der Waals surface area contributed by atoms with Gasteiger partial charge in [-0.3, -0.25) is 9.59 Å². The van der Waals surface area contributed by atoms with E-state index >= 15 is 0 Å². The van der Waals surface area contributed by atoms with Crippen molar-refractivity contribution in [3.05, 3.63) is 33.2 Å². The Labute approximate surface area is 108 Å². The second-order valence-electron chi connectivity index (χ2n) is 3.51. The summed E-state index contributed by atoms with van der Waals surface area (Å²) in [6.07, 6.45) is 1.58. The third kappa shape index (κ3) is 3.98. The van der Waals surface area contributed by atoms with Crippen molar-refractivity contribution in [1.82, 2.24) is 9.47 Å². The Kier molecular flexibility index (Phi) is 5.37. The lowest BCUT2D eigenvalue weighted by atomic mass is 10.4. The molecule has 0 aliphatic rings. The van der Waals surface area contributed by atoms with Gasteiger partial charge >= 0.3 is 0 Å². The molecular formula is C11H15BrN2O3. The molecule has 94 valence electrons. The van der Waals surface area contributed by atoms with E-state index in [-0.39, 0.29) is 31.2 Å². The van der Waals surface area contributed by atoms with Crippen LogP contribution in [0.1, 0.15) is 6.92 Å². The molecule has 5 nitrogen and oxygen atoms in total. The van der Waals surface area contributed by atoms with E-state index in [0.717, 1.165) is 4.47 Å². The highest BCUT2D eigenvalue weighted by atomic mass is 79.9. The van der Waals surface area contributed by atoms with Gasteiger partial charge in [-0.25, -0.2) is 0 Å². The first kappa shape index (κ1) is 13.9. The minimum absolute atomic E-state index is 0.00782. The summed E-state index contributed by atoms with van der Waals surface area (Å²) in [4.78, 5) is 24.8. The molecule has 0 saturated carbocycles. The second-order valence-corrected chi connectivity index (χ2v) is 4.43. The first-order chi connectivity index (χ1) is 8.08. The Morgan fingerprint density at radius 1 is 1.53 bits per heavy atom. The number of hydrogen-bond donors (Lipinski definition) is 1. The summed E-state index contributed by atoms with van der Waals surface area (Å²) in [7, 11) is 0. The molecule has 1 aromatic heterocycles. The van der Waals surface area contributed by atoms with Crippen LogP contribution in [-0.2, 0) is 11.3 Å². The van der Waals surface area contributed by atoms with E-state index in [1.165, 1.54) is 15.5 Å². The molecule has 0 unspecified atom stereocenters.